The van der Waals surface area contributed by atoms with Crippen LogP contribution < -0.4 is 56.5 Å². The molecule has 0 heterocycles. The van der Waals surface area contributed by atoms with Crippen LogP contribution in [-0.4, -0.2) is 59.8 Å². The fraction of sp³-hybridized carbons (Fsp3) is 0.733. The van der Waals surface area contributed by atoms with Crippen LogP contribution in [0.25, 0.3) is 0 Å². The number of aliphatic carboxylic acids is 1. The number of carbonyl (C=O) groups is 1. The van der Waals surface area contributed by atoms with E-state index in [-0.39, 0.29) is 70.4 Å². The maximum absolute atomic E-state index is 11.5. The Bertz CT molecular complexity index is 336. The fourth-order valence-corrected chi connectivity index (χ4v) is 1.81. The first kappa shape index (κ1) is 24.5. The quantitative estimate of drug-likeness (QED) is 0.129. The van der Waals surface area contributed by atoms with Crippen molar-refractivity contribution in [1.82, 2.24) is 4.90 Å². The zero-order valence-electron chi connectivity index (χ0n) is 13.8. The summed E-state index contributed by atoms with van der Waals surface area (Å²) < 4.78 is 0. The van der Waals surface area contributed by atoms with Gasteiger partial charge in [-0.1, -0.05) is 19.1 Å². The van der Waals surface area contributed by atoms with Gasteiger partial charge in [0.15, 0.2) is 0 Å². The predicted molar refractivity (Wildman–Crippen MR) is 81.4 cm³/mol. The third-order valence-electron chi connectivity index (χ3n) is 2.86. The molecule has 0 fully saturated rings. The first-order chi connectivity index (χ1) is 10.1. The summed E-state index contributed by atoms with van der Waals surface area (Å²) in [7, 11) is 0. The van der Waals surface area contributed by atoms with Crippen molar-refractivity contribution in [3.63, 3.8) is 0 Å². The largest absolute Gasteiger partial charge is 1.00 e. The Morgan fingerprint density at radius 2 is 2.00 bits per heavy atom. The third kappa shape index (κ3) is 16.6. The van der Waals surface area contributed by atoms with Crippen molar-refractivity contribution in [1.29, 1.82) is 0 Å². The second-order valence-electron chi connectivity index (χ2n) is 4.79. The number of hydrogen-bond donors (Lipinski definition) is 2. The maximum Gasteiger partial charge on any atom is 1.00 e. The normalized spacial score (nSPS) is 11.9. The number of aliphatic imine (C=N–C) groups is 1. The average Bonchev–Trinajstić information content (AvgIpc) is 2.43. The minimum Gasteiger partial charge on any atom is -0.862 e. The standard InChI is InChI=1S/C15H28N2O4.K/c1-2-3-4-5-6-8-14(19)16-9-11-17(10-7-12-18)13-15(20)21;/h3-4,18H,2,5-13H2,1H3,(H,16,19)(H,20,21);/q;+1/p-1/b4-3+;. The molecular weight excluding hydrogens is 311 g/mol. The van der Waals surface area contributed by atoms with Crippen LogP contribution in [0.1, 0.15) is 39.0 Å². The maximum atomic E-state index is 11.5. The van der Waals surface area contributed by atoms with Gasteiger partial charge < -0.3 is 20.3 Å². The number of unbranched alkanes of at least 4 members (excludes halogenated alkanes) is 1. The van der Waals surface area contributed by atoms with Gasteiger partial charge in [0, 0.05) is 19.7 Å². The second kappa shape index (κ2) is 17.6. The van der Waals surface area contributed by atoms with E-state index >= 15 is 0 Å². The molecule has 0 aliphatic heterocycles. The van der Waals surface area contributed by atoms with Crippen molar-refractivity contribution in [2.24, 2.45) is 4.99 Å². The van der Waals surface area contributed by atoms with E-state index in [0.717, 1.165) is 19.3 Å². The number of allylic oxidation sites excluding steroid dienone is 2. The molecule has 0 aromatic carbocycles. The molecule has 0 amide bonds. The number of aliphatic hydroxyl groups is 1. The Balaban J connectivity index is 0. The van der Waals surface area contributed by atoms with Crippen molar-refractivity contribution in [3.05, 3.63) is 12.2 Å². The van der Waals surface area contributed by atoms with Crippen molar-refractivity contribution < 1.29 is 71.5 Å². The van der Waals surface area contributed by atoms with Crippen LogP contribution in [0.15, 0.2) is 17.1 Å². The number of carboxylic acid groups (broad SMARTS) is 1. The van der Waals surface area contributed by atoms with Crippen molar-refractivity contribution in [2.45, 2.75) is 39.0 Å². The third-order valence-corrected chi connectivity index (χ3v) is 2.86. The number of aliphatic hydroxyl groups excluding tert-OH is 1. The molecule has 0 bridgehead atoms. The van der Waals surface area contributed by atoms with Gasteiger partial charge >= 0.3 is 57.4 Å². The van der Waals surface area contributed by atoms with Gasteiger partial charge in [-0.2, -0.15) is 0 Å². The van der Waals surface area contributed by atoms with E-state index in [4.69, 9.17) is 10.2 Å². The van der Waals surface area contributed by atoms with E-state index in [1.165, 1.54) is 0 Å². The topological polar surface area (TPSA) is 96.2 Å². The molecule has 0 atom stereocenters. The minimum atomic E-state index is -0.915. The molecule has 7 heteroatoms. The predicted octanol–water partition coefficient (Wildman–Crippen LogP) is -2.35. The van der Waals surface area contributed by atoms with Gasteiger partial charge in [-0.15, -0.1) is 0 Å². The average molecular weight is 338 g/mol. The molecule has 0 saturated heterocycles. The molecule has 0 aromatic heterocycles. The van der Waals surface area contributed by atoms with Crippen LogP contribution in [0.3, 0.4) is 0 Å². The molecular formula is C15H27KN2O4. The van der Waals surface area contributed by atoms with Crippen LogP contribution >= 0.6 is 0 Å². The molecule has 6 nitrogen and oxygen atoms in total. The van der Waals surface area contributed by atoms with Crippen LogP contribution in [0.4, 0.5) is 0 Å². The molecule has 0 saturated carbocycles. The van der Waals surface area contributed by atoms with Crippen LogP contribution in [0, 0.1) is 0 Å². The number of rotatable bonds is 13. The Morgan fingerprint density at radius 3 is 2.59 bits per heavy atom. The number of hydrogen-bond acceptors (Lipinski definition) is 5. The van der Waals surface area contributed by atoms with Crippen molar-refractivity contribution in [2.75, 3.05) is 32.8 Å². The Kier molecular flexibility index (Phi) is 19.6. The number of nitrogens with zero attached hydrogens (tertiary/aromatic N) is 2. The van der Waals surface area contributed by atoms with E-state index in [2.05, 4.69) is 24.1 Å². The van der Waals surface area contributed by atoms with Crippen molar-refractivity contribution >= 4 is 11.9 Å². The van der Waals surface area contributed by atoms with E-state index in [9.17, 15) is 9.90 Å². The summed E-state index contributed by atoms with van der Waals surface area (Å²) in [5, 5.41) is 29.1. The number of carboxylic acids is 1. The fourth-order valence-electron chi connectivity index (χ4n) is 1.81. The van der Waals surface area contributed by atoms with Gasteiger partial charge in [-0.3, -0.25) is 9.69 Å². The second-order valence-corrected chi connectivity index (χ2v) is 4.79. The first-order valence-corrected chi connectivity index (χ1v) is 7.50. The zero-order valence-corrected chi connectivity index (χ0v) is 17.0. The van der Waals surface area contributed by atoms with Gasteiger partial charge in [-0.25, -0.2) is 0 Å². The summed E-state index contributed by atoms with van der Waals surface area (Å²) in [4.78, 5) is 16.3. The Labute approximate surface area is 175 Å². The zero-order chi connectivity index (χ0) is 15.9. The molecule has 0 aliphatic rings. The van der Waals surface area contributed by atoms with Gasteiger partial charge in [0.25, 0.3) is 0 Å². The molecule has 0 aromatic rings. The minimum absolute atomic E-state index is 0. The van der Waals surface area contributed by atoms with Gasteiger partial charge in [0.2, 0.25) is 0 Å². The summed E-state index contributed by atoms with van der Waals surface area (Å²) in [6, 6.07) is 0. The molecule has 122 valence electrons. The summed E-state index contributed by atoms with van der Waals surface area (Å²) in [5.74, 6) is -1.04. The molecule has 0 radical (unpaired) electrons. The molecule has 0 rings (SSSR count). The SMILES string of the molecule is CC/C=C/CCCC([O-])=NCCN(CCCO)CC(=O)O.[K+]. The monoisotopic (exact) mass is 338 g/mol. The van der Waals surface area contributed by atoms with E-state index < -0.39 is 5.97 Å². The Morgan fingerprint density at radius 1 is 1.27 bits per heavy atom. The summed E-state index contributed by atoms with van der Waals surface area (Å²) in [6.45, 7) is 3.23. The molecule has 22 heavy (non-hydrogen) atoms. The molecule has 2 N–H and O–H groups in total. The van der Waals surface area contributed by atoms with Crippen LogP contribution in [-0.2, 0) is 4.79 Å². The van der Waals surface area contributed by atoms with Crippen LogP contribution in [0.2, 0.25) is 0 Å². The van der Waals surface area contributed by atoms with E-state index in [1.54, 1.807) is 4.90 Å². The summed E-state index contributed by atoms with van der Waals surface area (Å²) in [5.41, 5.74) is 0. The molecule has 0 unspecified atom stereocenters. The summed E-state index contributed by atoms with van der Waals surface area (Å²) in [6.07, 6.45) is 7.78. The van der Waals surface area contributed by atoms with Gasteiger partial charge in [-0.05, 0) is 38.0 Å². The van der Waals surface area contributed by atoms with E-state index in [1.807, 2.05) is 0 Å². The van der Waals surface area contributed by atoms with Crippen LogP contribution in [0.5, 0.6) is 0 Å². The molecule has 0 aliphatic carbocycles. The van der Waals surface area contributed by atoms with Gasteiger partial charge in [0.05, 0.1) is 13.1 Å². The van der Waals surface area contributed by atoms with Crippen molar-refractivity contribution in [3.8, 4) is 0 Å². The Hall–Kier alpha value is 0.236. The summed E-state index contributed by atoms with van der Waals surface area (Å²) >= 11 is 0. The van der Waals surface area contributed by atoms with Gasteiger partial charge in [0.1, 0.15) is 0 Å². The smallest absolute Gasteiger partial charge is 0.862 e. The van der Waals surface area contributed by atoms with E-state index in [0.29, 0.717) is 32.5 Å². The molecule has 0 spiro atoms. The first-order valence-electron chi connectivity index (χ1n) is 7.50.